The average Bonchev–Trinajstić information content (AvgIpc) is 3.02. The molecular formula is C21H25N3O2. The van der Waals surface area contributed by atoms with Crippen molar-refractivity contribution in [3.63, 3.8) is 0 Å². The molecule has 0 spiro atoms. The number of likely N-dealkylation sites (tertiary alicyclic amines) is 1. The summed E-state index contributed by atoms with van der Waals surface area (Å²) in [7, 11) is 3.86. The van der Waals surface area contributed by atoms with E-state index in [1.807, 2.05) is 12.3 Å². The van der Waals surface area contributed by atoms with Crippen LogP contribution in [0.1, 0.15) is 18.4 Å². The van der Waals surface area contributed by atoms with Gasteiger partial charge in [-0.1, -0.05) is 12.1 Å². The van der Waals surface area contributed by atoms with E-state index < -0.39 is 0 Å². The van der Waals surface area contributed by atoms with Crippen LogP contribution in [-0.4, -0.2) is 33.2 Å². The molecule has 26 heavy (non-hydrogen) atoms. The number of hydrogen-bond acceptors (Lipinski definition) is 3. The SMILES string of the molecule is Cn1cc(CN2CCC(Oc3cccc4c3ccn4C)CC2)ccc1=O. The van der Waals surface area contributed by atoms with Crippen LogP contribution in [0.15, 0.2) is 53.6 Å². The van der Waals surface area contributed by atoms with Gasteiger partial charge in [0.2, 0.25) is 5.56 Å². The first-order chi connectivity index (χ1) is 12.6. The first-order valence-corrected chi connectivity index (χ1v) is 9.19. The summed E-state index contributed by atoms with van der Waals surface area (Å²) in [4.78, 5) is 13.9. The maximum atomic E-state index is 11.5. The molecule has 0 radical (unpaired) electrons. The number of fused-ring (bicyclic) bond motifs is 1. The Morgan fingerprint density at radius 2 is 1.85 bits per heavy atom. The summed E-state index contributed by atoms with van der Waals surface area (Å²) >= 11 is 0. The molecular weight excluding hydrogens is 326 g/mol. The average molecular weight is 351 g/mol. The van der Waals surface area contributed by atoms with Crippen molar-refractivity contribution in [2.45, 2.75) is 25.5 Å². The van der Waals surface area contributed by atoms with Gasteiger partial charge in [0, 0.05) is 57.6 Å². The van der Waals surface area contributed by atoms with E-state index >= 15 is 0 Å². The van der Waals surface area contributed by atoms with E-state index in [1.165, 1.54) is 16.5 Å². The van der Waals surface area contributed by atoms with Crippen LogP contribution >= 0.6 is 0 Å². The predicted octanol–water partition coefficient (Wildman–Crippen LogP) is 2.92. The molecule has 1 aliphatic rings. The monoisotopic (exact) mass is 351 g/mol. The molecule has 5 heteroatoms. The number of hydrogen-bond donors (Lipinski definition) is 0. The minimum Gasteiger partial charge on any atom is -0.490 e. The molecule has 3 aromatic rings. The maximum absolute atomic E-state index is 11.5. The summed E-state index contributed by atoms with van der Waals surface area (Å²) < 4.78 is 10.1. The van der Waals surface area contributed by atoms with Gasteiger partial charge < -0.3 is 13.9 Å². The van der Waals surface area contributed by atoms with Gasteiger partial charge in [-0.3, -0.25) is 9.69 Å². The van der Waals surface area contributed by atoms with Gasteiger partial charge in [-0.05, 0) is 36.6 Å². The number of pyridine rings is 1. The molecule has 0 saturated carbocycles. The molecule has 0 amide bonds. The number of rotatable bonds is 4. The topological polar surface area (TPSA) is 39.4 Å². The van der Waals surface area contributed by atoms with Crippen LogP contribution in [0.25, 0.3) is 10.9 Å². The quantitative estimate of drug-likeness (QED) is 0.726. The van der Waals surface area contributed by atoms with E-state index in [2.05, 4.69) is 47.0 Å². The number of nitrogens with zero attached hydrogens (tertiary/aromatic N) is 3. The van der Waals surface area contributed by atoms with Gasteiger partial charge in [-0.25, -0.2) is 0 Å². The second kappa shape index (κ2) is 7.00. The summed E-state index contributed by atoms with van der Waals surface area (Å²) in [6.07, 6.45) is 6.32. The first kappa shape index (κ1) is 16.9. The summed E-state index contributed by atoms with van der Waals surface area (Å²) in [6.45, 7) is 2.91. The summed E-state index contributed by atoms with van der Waals surface area (Å²) in [5.41, 5.74) is 2.42. The number of aryl methyl sites for hydroxylation is 2. The normalized spacial score (nSPS) is 16.2. The molecule has 0 N–H and O–H groups in total. The van der Waals surface area contributed by atoms with Crippen LogP contribution < -0.4 is 10.3 Å². The van der Waals surface area contributed by atoms with Gasteiger partial charge in [0.25, 0.3) is 0 Å². The smallest absolute Gasteiger partial charge is 0.250 e. The number of piperidine rings is 1. The third-order valence-corrected chi connectivity index (χ3v) is 5.27. The molecule has 3 heterocycles. The molecule has 0 aliphatic carbocycles. The van der Waals surface area contributed by atoms with Gasteiger partial charge in [0.1, 0.15) is 11.9 Å². The van der Waals surface area contributed by atoms with Crippen molar-refractivity contribution < 1.29 is 4.74 Å². The number of aromatic nitrogens is 2. The van der Waals surface area contributed by atoms with Crippen molar-refractivity contribution in [1.82, 2.24) is 14.0 Å². The largest absolute Gasteiger partial charge is 0.490 e. The van der Waals surface area contributed by atoms with Crippen LogP contribution in [-0.2, 0) is 20.6 Å². The highest BCUT2D eigenvalue weighted by atomic mass is 16.5. The molecule has 2 aromatic heterocycles. The highest BCUT2D eigenvalue weighted by Crippen LogP contribution is 2.28. The van der Waals surface area contributed by atoms with Crippen molar-refractivity contribution in [3.8, 4) is 5.75 Å². The van der Waals surface area contributed by atoms with E-state index in [0.29, 0.717) is 0 Å². The van der Waals surface area contributed by atoms with Crippen LogP contribution in [0.5, 0.6) is 5.75 Å². The van der Waals surface area contributed by atoms with Gasteiger partial charge in [0.15, 0.2) is 0 Å². The molecule has 0 unspecified atom stereocenters. The first-order valence-electron chi connectivity index (χ1n) is 9.19. The Hall–Kier alpha value is -2.53. The lowest BCUT2D eigenvalue weighted by Gasteiger charge is -2.32. The Morgan fingerprint density at radius 3 is 2.62 bits per heavy atom. The van der Waals surface area contributed by atoms with Crippen LogP contribution in [0, 0.1) is 0 Å². The van der Waals surface area contributed by atoms with Gasteiger partial charge in [-0.2, -0.15) is 0 Å². The molecule has 4 rings (SSSR count). The minimum absolute atomic E-state index is 0.0379. The molecule has 0 bridgehead atoms. The molecule has 1 aromatic carbocycles. The zero-order chi connectivity index (χ0) is 18.1. The lowest BCUT2D eigenvalue weighted by molar-refractivity contribution is 0.0979. The Balaban J connectivity index is 1.37. The van der Waals surface area contributed by atoms with E-state index in [1.54, 1.807) is 17.7 Å². The highest BCUT2D eigenvalue weighted by Gasteiger charge is 2.21. The molecule has 5 nitrogen and oxygen atoms in total. The fourth-order valence-electron chi connectivity index (χ4n) is 3.74. The maximum Gasteiger partial charge on any atom is 0.250 e. The molecule has 1 fully saturated rings. The number of benzene rings is 1. The van der Waals surface area contributed by atoms with Gasteiger partial charge >= 0.3 is 0 Å². The van der Waals surface area contributed by atoms with Gasteiger partial charge in [-0.15, -0.1) is 0 Å². The highest BCUT2D eigenvalue weighted by molar-refractivity contribution is 5.86. The lowest BCUT2D eigenvalue weighted by atomic mass is 10.1. The van der Waals surface area contributed by atoms with Crippen molar-refractivity contribution in [2.75, 3.05) is 13.1 Å². The standard InChI is InChI=1S/C21H25N3O2/c1-22-11-10-18-19(22)4-3-5-20(18)26-17-8-12-24(13-9-17)15-16-6-7-21(25)23(2)14-16/h3-7,10-11,14,17H,8-9,12-13,15H2,1-2H3. The summed E-state index contributed by atoms with van der Waals surface area (Å²) in [6, 6.07) is 12.0. The Morgan fingerprint density at radius 1 is 1.04 bits per heavy atom. The van der Waals surface area contributed by atoms with E-state index in [9.17, 15) is 4.79 Å². The third-order valence-electron chi connectivity index (χ3n) is 5.27. The van der Waals surface area contributed by atoms with Crippen molar-refractivity contribution >= 4 is 10.9 Å². The molecule has 0 atom stereocenters. The van der Waals surface area contributed by atoms with E-state index in [4.69, 9.17) is 4.74 Å². The van der Waals surface area contributed by atoms with Crippen molar-refractivity contribution in [3.05, 3.63) is 64.7 Å². The Bertz CT molecular complexity index is 965. The second-order valence-electron chi connectivity index (χ2n) is 7.20. The van der Waals surface area contributed by atoms with E-state index in [-0.39, 0.29) is 11.7 Å². The Kier molecular flexibility index (Phi) is 4.55. The molecule has 136 valence electrons. The van der Waals surface area contributed by atoms with Crippen LogP contribution in [0.2, 0.25) is 0 Å². The summed E-state index contributed by atoms with van der Waals surface area (Å²) in [5, 5.41) is 1.18. The number of ether oxygens (including phenoxy) is 1. The second-order valence-corrected chi connectivity index (χ2v) is 7.20. The minimum atomic E-state index is 0.0379. The fourth-order valence-corrected chi connectivity index (χ4v) is 3.74. The van der Waals surface area contributed by atoms with E-state index in [0.717, 1.165) is 38.2 Å². The van der Waals surface area contributed by atoms with Crippen molar-refractivity contribution in [2.24, 2.45) is 14.1 Å². The molecule has 1 aliphatic heterocycles. The van der Waals surface area contributed by atoms with Crippen LogP contribution in [0.4, 0.5) is 0 Å². The zero-order valence-corrected chi connectivity index (χ0v) is 15.4. The predicted molar refractivity (Wildman–Crippen MR) is 104 cm³/mol. The fraction of sp³-hybridized carbons (Fsp3) is 0.381. The third kappa shape index (κ3) is 3.40. The Labute approximate surface area is 153 Å². The molecule has 1 saturated heterocycles. The lowest BCUT2D eigenvalue weighted by Crippen LogP contribution is -2.38. The zero-order valence-electron chi connectivity index (χ0n) is 15.4. The van der Waals surface area contributed by atoms with Crippen molar-refractivity contribution in [1.29, 1.82) is 0 Å². The van der Waals surface area contributed by atoms with Gasteiger partial charge in [0.05, 0.1) is 5.52 Å². The summed E-state index contributed by atoms with van der Waals surface area (Å²) in [5.74, 6) is 0.986. The van der Waals surface area contributed by atoms with Crippen LogP contribution in [0.3, 0.4) is 0 Å².